The van der Waals surface area contributed by atoms with Crippen molar-refractivity contribution in [3.05, 3.63) is 0 Å². The Labute approximate surface area is 108 Å². The SMILES string of the molecule is CN(CC=O)[C@H]1CNCCN1C(=O)OC(C)(C)C. The van der Waals surface area contributed by atoms with Gasteiger partial charge in [-0.2, -0.15) is 0 Å². The van der Waals surface area contributed by atoms with Crippen LogP contribution in [0.15, 0.2) is 0 Å². The van der Waals surface area contributed by atoms with Gasteiger partial charge in [0.2, 0.25) is 0 Å². The van der Waals surface area contributed by atoms with Crippen molar-refractivity contribution >= 4 is 12.4 Å². The number of hydrogen-bond donors (Lipinski definition) is 1. The first-order chi connectivity index (χ1) is 8.35. The van der Waals surface area contributed by atoms with Crippen LogP contribution in [-0.2, 0) is 9.53 Å². The molecule has 6 nitrogen and oxygen atoms in total. The van der Waals surface area contributed by atoms with Gasteiger partial charge in [-0.05, 0) is 27.8 Å². The molecule has 1 N–H and O–H groups in total. The lowest BCUT2D eigenvalue weighted by Crippen LogP contribution is -2.60. The van der Waals surface area contributed by atoms with Crippen LogP contribution in [0.2, 0.25) is 0 Å². The highest BCUT2D eigenvalue weighted by atomic mass is 16.6. The van der Waals surface area contributed by atoms with Crippen molar-refractivity contribution in [2.75, 3.05) is 33.2 Å². The van der Waals surface area contributed by atoms with Crippen LogP contribution in [-0.4, -0.2) is 67.2 Å². The molecule has 0 bridgehead atoms. The monoisotopic (exact) mass is 257 g/mol. The molecule has 0 aliphatic carbocycles. The molecule has 1 atom stereocenters. The quantitative estimate of drug-likeness (QED) is 0.736. The molecule has 0 aromatic rings. The van der Waals surface area contributed by atoms with E-state index in [4.69, 9.17) is 4.74 Å². The Kier molecular flexibility index (Phi) is 5.10. The van der Waals surface area contributed by atoms with Gasteiger partial charge in [0, 0.05) is 19.6 Å². The summed E-state index contributed by atoms with van der Waals surface area (Å²) in [6, 6.07) is 0. The Balaban J connectivity index is 2.69. The number of aldehydes is 1. The van der Waals surface area contributed by atoms with Crippen molar-refractivity contribution in [1.29, 1.82) is 0 Å². The fourth-order valence-electron chi connectivity index (χ4n) is 1.86. The lowest BCUT2D eigenvalue weighted by molar-refractivity contribution is -0.110. The third kappa shape index (κ3) is 4.27. The van der Waals surface area contributed by atoms with E-state index >= 15 is 0 Å². The summed E-state index contributed by atoms with van der Waals surface area (Å²) in [6.07, 6.45) is 0.368. The molecule has 0 saturated carbocycles. The topological polar surface area (TPSA) is 61.9 Å². The van der Waals surface area contributed by atoms with Crippen LogP contribution in [0, 0.1) is 0 Å². The number of carbonyl (C=O) groups excluding carboxylic acids is 2. The van der Waals surface area contributed by atoms with Crippen LogP contribution in [0.4, 0.5) is 4.79 Å². The van der Waals surface area contributed by atoms with E-state index < -0.39 is 5.60 Å². The maximum atomic E-state index is 12.1. The highest BCUT2D eigenvalue weighted by molar-refractivity contribution is 5.68. The van der Waals surface area contributed by atoms with Crippen LogP contribution >= 0.6 is 0 Å². The molecule has 0 unspecified atom stereocenters. The average Bonchev–Trinajstić information content (AvgIpc) is 2.27. The Morgan fingerprint density at radius 3 is 2.78 bits per heavy atom. The number of amides is 1. The minimum absolute atomic E-state index is 0.140. The molecule has 1 fully saturated rings. The van der Waals surface area contributed by atoms with Gasteiger partial charge in [-0.1, -0.05) is 0 Å². The number of rotatable bonds is 3. The summed E-state index contributed by atoms with van der Waals surface area (Å²) in [5, 5.41) is 3.21. The number of likely N-dealkylation sites (N-methyl/N-ethyl adjacent to an activating group) is 1. The Hall–Kier alpha value is -1.14. The van der Waals surface area contributed by atoms with Gasteiger partial charge in [-0.15, -0.1) is 0 Å². The van der Waals surface area contributed by atoms with E-state index in [0.29, 0.717) is 19.6 Å². The van der Waals surface area contributed by atoms with E-state index in [1.54, 1.807) is 4.90 Å². The number of nitrogens with zero attached hydrogens (tertiary/aromatic N) is 2. The molecule has 104 valence electrons. The minimum Gasteiger partial charge on any atom is -0.444 e. The summed E-state index contributed by atoms with van der Waals surface area (Å²) in [6.45, 7) is 7.80. The lowest BCUT2D eigenvalue weighted by Gasteiger charge is -2.40. The van der Waals surface area contributed by atoms with Gasteiger partial charge < -0.3 is 14.8 Å². The van der Waals surface area contributed by atoms with Gasteiger partial charge in [0.25, 0.3) is 0 Å². The van der Waals surface area contributed by atoms with E-state index in [-0.39, 0.29) is 12.3 Å². The molecule has 6 heteroatoms. The number of ether oxygens (including phenoxy) is 1. The molecule has 0 radical (unpaired) electrons. The second-order valence-electron chi connectivity index (χ2n) is 5.46. The first-order valence-corrected chi connectivity index (χ1v) is 6.19. The third-order valence-electron chi connectivity index (χ3n) is 2.72. The van der Waals surface area contributed by atoms with E-state index in [0.717, 1.165) is 12.8 Å². The molecule has 1 saturated heterocycles. The zero-order valence-electron chi connectivity index (χ0n) is 11.6. The van der Waals surface area contributed by atoms with Crippen molar-refractivity contribution in [3.8, 4) is 0 Å². The summed E-state index contributed by atoms with van der Waals surface area (Å²) in [4.78, 5) is 26.2. The fourth-order valence-corrected chi connectivity index (χ4v) is 1.86. The van der Waals surface area contributed by atoms with Crippen LogP contribution < -0.4 is 5.32 Å². The molecular formula is C12H23N3O3. The Morgan fingerprint density at radius 1 is 1.56 bits per heavy atom. The highest BCUT2D eigenvalue weighted by Gasteiger charge is 2.32. The van der Waals surface area contributed by atoms with Crippen LogP contribution in [0.3, 0.4) is 0 Å². The minimum atomic E-state index is -0.504. The largest absolute Gasteiger partial charge is 0.444 e. The third-order valence-corrected chi connectivity index (χ3v) is 2.72. The summed E-state index contributed by atoms with van der Waals surface area (Å²) >= 11 is 0. The van der Waals surface area contributed by atoms with Gasteiger partial charge in [-0.3, -0.25) is 9.80 Å². The molecular weight excluding hydrogens is 234 g/mol. The molecule has 1 aliphatic rings. The van der Waals surface area contributed by atoms with Crippen molar-refractivity contribution in [2.45, 2.75) is 32.5 Å². The van der Waals surface area contributed by atoms with Crippen LogP contribution in [0.1, 0.15) is 20.8 Å². The van der Waals surface area contributed by atoms with Crippen LogP contribution in [0.25, 0.3) is 0 Å². The van der Waals surface area contributed by atoms with Gasteiger partial charge in [0.15, 0.2) is 0 Å². The smallest absolute Gasteiger partial charge is 0.411 e. The molecule has 0 aromatic heterocycles. The number of carbonyl (C=O) groups is 2. The maximum Gasteiger partial charge on any atom is 0.411 e. The molecule has 0 spiro atoms. The van der Waals surface area contributed by atoms with E-state index in [9.17, 15) is 9.59 Å². The van der Waals surface area contributed by atoms with Crippen LogP contribution in [0.5, 0.6) is 0 Å². The van der Waals surface area contributed by atoms with Crippen molar-refractivity contribution in [1.82, 2.24) is 15.1 Å². The number of nitrogens with one attached hydrogen (secondary N) is 1. The molecule has 1 rings (SSSR count). The maximum absolute atomic E-state index is 12.1. The van der Waals surface area contributed by atoms with E-state index in [2.05, 4.69) is 5.32 Å². The molecule has 0 aromatic carbocycles. The summed E-state index contributed by atoms with van der Waals surface area (Å²) in [7, 11) is 1.82. The summed E-state index contributed by atoms with van der Waals surface area (Å²) in [5.74, 6) is 0. The Bertz CT molecular complexity index is 301. The van der Waals surface area contributed by atoms with E-state index in [1.165, 1.54) is 0 Å². The van der Waals surface area contributed by atoms with Gasteiger partial charge >= 0.3 is 6.09 Å². The summed E-state index contributed by atoms with van der Waals surface area (Å²) in [5.41, 5.74) is -0.504. The second-order valence-corrected chi connectivity index (χ2v) is 5.46. The fraction of sp³-hybridized carbons (Fsp3) is 0.833. The average molecular weight is 257 g/mol. The zero-order chi connectivity index (χ0) is 13.8. The molecule has 1 amide bonds. The van der Waals surface area contributed by atoms with Gasteiger partial charge in [0.1, 0.15) is 18.1 Å². The molecule has 1 heterocycles. The molecule has 18 heavy (non-hydrogen) atoms. The zero-order valence-corrected chi connectivity index (χ0v) is 11.6. The lowest BCUT2D eigenvalue weighted by atomic mass is 10.2. The highest BCUT2D eigenvalue weighted by Crippen LogP contribution is 2.14. The predicted molar refractivity (Wildman–Crippen MR) is 68.3 cm³/mol. The van der Waals surface area contributed by atoms with Crippen molar-refractivity contribution in [2.24, 2.45) is 0 Å². The summed E-state index contributed by atoms with van der Waals surface area (Å²) < 4.78 is 5.38. The first kappa shape index (κ1) is 14.9. The predicted octanol–water partition coefficient (Wildman–Crippen LogP) is 0.284. The number of piperazine rings is 1. The Morgan fingerprint density at radius 2 is 2.22 bits per heavy atom. The first-order valence-electron chi connectivity index (χ1n) is 6.19. The molecule has 1 aliphatic heterocycles. The number of hydrogen-bond acceptors (Lipinski definition) is 5. The van der Waals surface area contributed by atoms with Gasteiger partial charge in [-0.25, -0.2) is 4.79 Å². The normalized spacial score (nSPS) is 20.9. The standard InChI is InChI=1S/C12H23N3O3/c1-12(2,3)18-11(17)15-6-5-13-9-10(15)14(4)7-8-16/h8,10,13H,5-7,9H2,1-4H3/t10-/m1/s1. The van der Waals surface area contributed by atoms with Crippen molar-refractivity contribution in [3.63, 3.8) is 0 Å². The van der Waals surface area contributed by atoms with Gasteiger partial charge in [0.05, 0.1) is 6.54 Å². The van der Waals surface area contributed by atoms with E-state index in [1.807, 2.05) is 32.7 Å². The van der Waals surface area contributed by atoms with Crippen molar-refractivity contribution < 1.29 is 14.3 Å². The second kappa shape index (κ2) is 6.15.